The minimum atomic E-state index is -0.573. The number of hydrogen-bond donors (Lipinski definition) is 0. The van der Waals surface area contributed by atoms with Gasteiger partial charge in [-0.3, -0.25) is 4.57 Å². The van der Waals surface area contributed by atoms with E-state index in [9.17, 15) is 0 Å². The summed E-state index contributed by atoms with van der Waals surface area (Å²) >= 11 is 0. The Morgan fingerprint density at radius 2 is 1.27 bits per heavy atom. The Bertz CT molecular complexity index is 3910. The molecule has 8 aromatic carbocycles. The van der Waals surface area contributed by atoms with Crippen LogP contribution in [-0.2, 0) is 26.5 Å². The Hall–Kier alpha value is -7.07. The third-order valence-corrected chi connectivity index (χ3v) is 11.0. The number of aromatic nitrogens is 4. The second-order valence-corrected chi connectivity index (χ2v) is 15.7. The fourth-order valence-electron chi connectivity index (χ4n) is 8.13. The minimum absolute atomic E-state index is 0. The van der Waals surface area contributed by atoms with E-state index in [0.29, 0.717) is 28.2 Å². The second-order valence-electron chi connectivity index (χ2n) is 15.7. The van der Waals surface area contributed by atoms with Gasteiger partial charge in [-0.2, -0.15) is 12.1 Å². The quantitative estimate of drug-likeness (QED) is 0.118. The first-order chi connectivity index (χ1) is 34.0. The van der Waals surface area contributed by atoms with Gasteiger partial charge in [-0.1, -0.05) is 176 Å². The molecule has 0 fully saturated rings. The molecule has 11 rings (SSSR count). The predicted octanol–water partition coefficient (Wildman–Crippen LogP) is 13.4. The van der Waals surface area contributed by atoms with Crippen LogP contribution in [0.4, 0.5) is 0 Å². The molecule has 11 aromatic rings. The summed E-state index contributed by atoms with van der Waals surface area (Å²) in [6.07, 6.45) is 5.26. The standard InChI is InChI=1S/C56H40N4O.Pt/c1-56(2,3)40-32-33-57-53(34-40)60-48-29-13-12-26-47(48)54-46-25-11-10-24-45(46)52(36-51(54)60)61-42-23-16-22-41(35-42)58-37-59(50-31-15-14-30-49(50)58)55-43(38-18-6-4-7-19-38)27-17-28-44(55)39-20-8-5-9-21-39;/h4-34H,1-3H3;/q-2;/i4D,5D,6D,7D,8D,9D,18D,19D,20D,21D;. The number of fused-ring (bicyclic) bond motifs is 6. The number of benzene rings is 8. The molecule has 0 saturated carbocycles. The molecular weight excluding hydrogens is 940 g/mol. The molecule has 62 heavy (non-hydrogen) atoms. The van der Waals surface area contributed by atoms with Crippen molar-refractivity contribution in [3.8, 4) is 50.9 Å². The van der Waals surface area contributed by atoms with Gasteiger partial charge in [0.25, 0.3) is 6.33 Å². The summed E-state index contributed by atoms with van der Waals surface area (Å²) in [5.74, 6) is 1.57. The molecule has 0 aliphatic carbocycles. The van der Waals surface area contributed by atoms with Gasteiger partial charge in [-0.15, -0.1) is 29.7 Å². The molecule has 0 spiro atoms. The van der Waals surface area contributed by atoms with Crippen molar-refractivity contribution < 1.29 is 44.1 Å². The Labute approximate surface area is 389 Å². The molecule has 0 atom stereocenters. The van der Waals surface area contributed by atoms with E-state index in [4.69, 9.17) is 23.4 Å². The predicted molar refractivity (Wildman–Crippen MR) is 247 cm³/mol. The maximum absolute atomic E-state index is 9.03. The number of rotatable bonds is 7. The van der Waals surface area contributed by atoms with Crippen molar-refractivity contribution in [3.05, 3.63) is 212 Å². The van der Waals surface area contributed by atoms with Gasteiger partial charge in [0.2, 0.25) is 0 Å². The van der Waals surface area contributed by atoms with Gasteiger partial charge in [0.15, 0.2) is 0 Å². The third-order valence-electron chi connectivity index (χ3n) is 11.0. The van der Waals surface area contributed by atoms with Crippen molar-refractivity contribution in [2.45, 2.75) is 26.2 Å². The van der Waals surface area contributed by atoms with Gasteiger partial charge in [0, 0.05) is 44.3 Å². The summed E-state index contributed by atoms with van der Waals surface area (Å²) in [5, 5.41) is 3.85. The van der Waals surface area contributed by atoms with E-state index in [2.05, 4.69) is 68.1 Å². The van der Waals surface area contributed by atoms with Gasteiger partial charge in [-0.05, 0) is 62.5 Å². The van der Waals surface area contributed by atoms with Crippen LogP contribution in [0, 0.1) is 18.5 Å². The van der Waals surface area contributed by atoms with E-state index in [1.165, 1.54) is 0 Å². The molecule has 5 nitrogen and oxygen atoms in total. The summed E-state index contributed by atoms with van der Waals surface area (Å²) in [4.78, 5) is 4.87. The van der Waals surface area contributed by atoms with Crippen molar-refractivity contribution in [1.29, 1.82) is 0 Å². The number of imidazole rings is 1. The zero-order chi connectivity index (χ0) is 49.8. The number of pyridine rings is 1. The van der Waals surface area contributed by atoms with Gasteiger partial charge < -0.3 is 13.9 Å². The molecule has 3 aromatic heterocycles. The Morgan fingerprint density at radius 1 is 0.645 bits per heavy atom. The average Bonchev–Trinajstić information content (AvgIpc) is 3.93. The molecule has 6 heteroatoms. The normalized spacial score (nSPS) is 13.9. The summed E-state index contributed by atoms with van der Waals surface area (Å²) in [5.41, 5.74) is 4.57. The maximum atomic E-state index is 9.03. The topological polar surface area (TPSA) is 35.9 Å². The first kappa shape index (κ1) is 29.2. The van der Waals surface area contributed by atoms with E-state index in [1.54, 1.807) is 33.4 Å². The smallest absolute Gasteiger partial charge is 0.268 e. The Kier molecular flexibility index (Phi) is 7.43. The van der Waals surface area contributed by atoms with E-state index >= 15 is 0 Å². The van der Waals surface area contributed by atoms with E-state index in [-0.39, 0.29) is 54.4 Å². The molecule has 0 radical (unpaired) electrons. The monoisotopic (exact) mass is 989 g/mol. The second kappa shape index (κ2) is 15.8. The molecular formula is C56H40N4OPt-2. The van der Waals surface area contributed by atoms with Crippen molar-refractivity contribution in [2.24, 2.45) is 0 Å². The van der Waals surface area contributed by atoms with Gasteiger partial charge >= 0.3 is 0 Å². The van der Waals surface area contributed by atoms with Crippen LogP contribution in [0.1, 0.15) is 40.0 Å². The maximum Gasteiger partial charge on any atom is 0.268 e. The van der Waals surface area contributed by atoms with E-state index < -0.39 is 60.4 Å². The SMILES string of the molecule is [2H]c1c([2H])c([2H])c(-c2cccc(-c3c([2H])c([2H])c([2H])c([2H])c3[2H])c2-[n+]2[c-]n(-c3[c-]c(Oc4[c-]c5c(c6ccccc46)c4ccccc4n5-c4cc(C(C)(C)C)ccn4)ccc3)c3ccccc32)c([2H])c1[2H].[Pt]. The molecule has 0 bridgehead atoms. The molecule has 0 amide bonds. The van der Waals surface area contributed by atoms with E-state index in [0.717, 1.165) is 44.0 Å². The number of hydrogen-bond acceptors (Lipinski definition) is 2. The molecule has 0 aliphatic rings. The largest absolute Gasteiger partial charge is 0.509 e. The fraction of sp³-hybridized carbons (Fsp3) is 0.0714. The number of para-hydroxylation sites is 4. The average molecular weight is 990 g/mol. The van der Waals surface area contributed by atoms with Gasteiger partial charge in [-0.25, -0.2) is 4.98 Å². The Morgan fingerprint density at radius 3 is 1.98 bits per heavy atom. The van der Waals surface area contributed by atoms with Crippen LogP contribution < -0.4 is 9.30 Å². The van der Waals surface area contributed by atoms with Crippen LogP contribution in [0.25, 0.3) is 83.1 Å². The molecule has 0 unspecified atom stereocenters. The van der Waals surface area contributed by atoms with Crippen LogP contribution >= 0.6 is 0 Å². The minimum Gasteiger partial charge on any atom is -0.509 e. The van der Waals surface area contributed by atoms with Crippen LogP contribution in [0.15, 0.2) is 188 Å². The number of nitrogens with zero attached hydrogens (tertiary/aromatic N) is 4. The zero-order valence-electron chi connectivity index (χ0n) is 43.6. The summed E-state index contributed by atoms with van der Waals surface area (Å²) in [6.45, 7) is 6.52. The summed E-state index contributed by atoms with van der Waals surface area (Å²) in [7, 11) is 0. The molecule has 302 valence electrons. The number of ether oxygens (including phenoxy) is 1. The van der Waals surface area contributed by atoms with Crippen LogP contribution in [0.3, 0.4) is 0 Å². The molecule has 0 saturated heterocycles. The van der Waals surface area contributed by atoms with Crippen LogP contribution in [0.2, 0.25) is 0 Å². The first-order valence-electron chi connectivity index (χ1n) is 24.8. The van der Waals surface area contributed by atoms with Gasteiger partial charge in [0.05, 0.1) is 30.4 Å². The first-order valence-corrected chi connectivity index (χ1v) is 19.8. The third kappa shape index (κ3) is 6.70. The van der Waals surface area contributed by atoms with Crippen LogP contribution in [0.5, 0.6) is 11.5 Å². The van der Waals surface area contributed by atoms with Crippen molar-refractivity contribution in [3.63, 3.8) is 0 Å². The molecule has 0 N–H and O–H groups in total. The summed E-state index contributed by atoms with van der Waals surface area (Å²) < 4.78 is 99.5. The zero-order valence-corrected chi connectivity index (χ0v) is 35.9. The molecule has 0 aliphatic heterocycles. The van der Waals surface area contributed by atoms with Crippen LogP contribution in [-0.4, -0.2) is 14.1 Å². The molecule has 3 heterocycles. The summed E-state index contributed by atoms with van der Waals surface area (Å²) in [6, 6.07) is 39.8. The fourth-order valence-corrected chi connectivity index (χ4v) is 8.13. The van der Waals surface area contributed by atoms with Gasteiger partial charge in [0.1, 0.15) is 5.82 Å². The van der Waals surface area contributed by atoms with Crippen molar-refractivity contribution >= 4 is 43.6 Å². The van der Waals surface area contributed by atoms with Crippen molar-refractivity contribution in [1.82, 2.24) is 14.1 Å². The Balaban J connectivity index is 0.00000596. The van der Waals surface area contributed by atoms with E-state index in [1.807, 2.05) is 79.0 Å². The van der Waals surface area contributed by atoms with Crippen molar-refractivity contribution in [2.75, 3.05) is 0 Å².